The summed E-state index contributed by atoms with van der Waals surface area (Å²) in [5, 5.41) is 11.9. The molecular weight excluding hydrogens is 512 g/mol. The molecule has 6 fully saturated rings. The number of rotatable bonds is 4. The number of ketones is 1. The first kappa shape index (κ1) is 28.6. The molecule has 6 aliphatic rings. The molecule has 2 heterocycles. The van der Waals surface area contributed by atoms with E-state index in [0.29, 0.717) is 18.9 Å². The monoisotopic (exact) mass is 560 g/mol. The molecule has 11 unspecified atom stereocenters. The Morgan fingerprint density at radius 3 is 2.48 bits per heavy atom. The van der Waals surface area contributed by atoms with Crippen molar-refractivity contribution in [2.45, 2.75) is 116 Å². The van der Waals surface area contributed by atoms with Crippen LogP contribution in [-0.4, -0.2) is 60.6 Å². The van der Waals surface area contributed by atoms with Crippen molar-refractivity contribution in [3.63, 3.8) is 0 Å². The third kappa shape index (κ3) is 4.13. The average molecular weight is 561 g/mol. The summed E-state index contributed by atoms with van der Waals surface area (Å²) in [6.07, 6.45) is 5.92. The fraction of sp³-hybridized carbons (Fsp3) is 0.906. The second-order valence-corrected chi connectivity index (χ2v) is 14.6. The van der Waals surface area contributed by atoms with Crippen LogP contribution in [0.1, 0.15) is 91.9 Å². The number of hydrogen-bond acceptors (Lipinski definition) is 8. The smallest absolute Gasteiger partial charge is 0.306 e. The number of ether oxygens (including phenoxy) is 4. The molecule has 0 aromatic carbocycles. The molecule has 40 heavy (non-hydrogen) atoms. The average Bonchev–Trinajstić information content (AvgIpc) is 3.38. The van der Waals surface area contributed by atoms with Crippen LogP contribution in [0, 0.1) is 52.3 Å². The van der Waals surface area contributed by atoms with Gasteiger partial charge in [0, 0.05) is 29.6 Å². The molecule has 13 atom stereocenters. The van der Waals surface area contributed by atoms with Gasteiger partial charge in [-0.3, -0.25) is 14.4 Å². The maximum Gasteiger partial charge on any atom is 0.306 e. The predicted molar refractivity (Wildman–Crippen MR) is 145 cm³/mol. The number of carbonyl (C=O) groups excluding carboxylic acids is 3. The molecule has 224 valence electrons. The molecule has 0 amide bonds. The highest BCUT2D eigenvalue weighted by atomic mass is 16.7. The quantitative estimate of drug-likeness (QED) is 0.503. The summed E-state index contributed by atoms with van der Waals surface area (Å²) in [4.78, 5) is 38.0. The summed E-state index contributed by atoms with van der Waals surface area (Å²) in [6, 6.07) is 0. The largest absolute Gasteiger partial charge is 0.469 e. The number of aliphatic hydroxyl groups is 1. The zero-order valence-electron chi connectivity index (χ0n) is 24.9. The van der Waals surface area contributed by atoms with Crippen LogP contribution < -0.4 is 0 Å². The Morgan fingerprint density at radius 2 is 1.77 bits per heavy atom. The Kier molecular flexibility index (Phi) is 7.18. The highest BCUT2D eigenvalue weighted by Crippen LogP contribution is 2.70. The Bertz CT molecular complexity index is 1030. The fourth-order valence-corrected chi connectivity index (χ4v) is 10.7. The third-order valence-electron chi connectivity index (χ3n) is 12.8. The molecular formula is C32H48O8. The van der Waals surface area contributed by atoms with E-state index in [9.17, 15) is 19.5 Å². The summed E-state index contributed by atoms with van der Waals surface area (Å²) in [7, 11) is 1.31. The minimum absolute atomic E-state index is 0.0188. The molecule has 8 heteroatoms. The molecule has 2 aliphatic heterocycles. The lowest BCUT2D eigenvalue weighted by Crippen LogP contribution is -2.64. The molecule has 6 rings (SSSR count). The minimum atomic E-state index is -0.998. The van der Waals surface area contributed by atoms with Crippen LogP contribution in [0.25, 0.3) is 0 Å². The minimum Gasteiger partial charge on any atom is -0.469 e. The lowest BCUT2D eigenvalue weighted by atomic mass is 9.43. The number of carbonyl (C=O) groups is 3. The summed E-state index contributed by atoms with van der Waals surface area (Å²) < 4.78 is 23.6. The number of hydrogen-bond donors (Lipinski definition) is 1. The number of esters is 2. The Balaban J connectivity index is 1.18. The zero-order valence-corrected chi connectivity index (χ0v) is 24.9. The second kappa shape index (κ2) is 10.0. The lowest BCUT2D eigenvalue weighted by Gasteiger charge is -2.61. The van der Waals surface area contributed by atoms with E-state index in [4.69, 9.17) is 14.2 Å². The van der Waals surface area contributed by atoms with Gasteiger partial charge in [-0.25, -0.2) is 0 Å². The summed E-state index contributed by atoms with van der Waals surface area (Å²) in [5.74, 6) is 0.00774. The second-order valence-electron chi connectivity index (χ2n) is 14.6. The van der Waals surface area contributed by atoms with Crippen LogP contribution >= 0.6 is 0 Å². The van der Waals surface area contributed by atoms with Crippen molar-refractivity contribution in [1.82, 2.24) is 0 Å². The summed E-state index contributed by atoms with van der Waals surface area (Å²) in [6.45, 7) is 9.57. The van der Waals surface area contributed by atoms with Gasteiger partial charge in [0.05, 0.1) is 32.7 Å². The first-order chi connectivity index (χ1) is 18.9. The van der Waals surface area contributed by atoms with Crippen molar-refractivity contribution < 1.29 is 38.4 Å². The number of fused-ring (bicyclic) bond motifs is 7. The van der Waals surface area contributed by atoms with Gasteiger partial charge in [0.2, 0.25) is 0 Å². The Morgan fingerprint density at radius 1 is 1.02 bits per heavy atom. The van der Waals surface area contributed by atoms with E-state index in [0.717, 1.165) is 44.9 Å². The molecule has 4 aliphatic carbocycles. The third-order valence-corrected chi connectivity index (χ3v) is 12.8. The molecule has 0 aromatic heterocycles. The van der Waals surface area contributed by atoms with Gasteiger partial charge in [-0.15, -0.1) is 0 Å². The van der Waals surface area contributed by atoms with Gasteiger partial charge in [-0.05, 0) is 74.0 Å². The van der Waals surface area contributed by atoms with Gasteiger partial charge in [0.15, 0.2) is 11.6 Å². The fourth-order valence-electron chi connectivity index (χ4n) is 10.7. The van der Waals surface area contributed by atoms with Gasteiger partial charge in [-0.1, -0.05) is 27.7 Å². The van der Waals surface area contributed by atoms with Crippen molar-refractivity contribution in [2.75, 3.05) is 13.7 Å². The van der Waals surface area contributed by atoms with Gasteiger partial charge >= 0.3 is 11.9 Å². The molecule has 1 spiro atoms. The predicted octanol–water partition coefficient (Wildman–Crippen LogP) is 4.45. The lowest BCUT2D eigenvalue weighted by molar-refractivity contribution is -0.273. The van der Waals surface area contributed by atoms with Crippen LogP contribution in [0.4, 0.5) is 0 Å². The maximum absolute atomic E-state index is 14.3. The van der Waals surface area contributed by atoms with Crippen molar-refractivity contribution in [3.05, 3.63) is 0 Å². The van der Waals surface area contributed by atoms with Gasteiger partial charge < -0.3 is 24.1 Å². The standard InChI is InChI=1S/C32H48O8/c1-17-10-13-32(38-16-17)18(2)26-23(40-32)15-22-21-7-6-19-14-20(39-25(34)9-8-24(33)37-5)11-12-30(19,3)27(21)28(35)29(36)31(22,26)4/h17-23,26-27,29,36H,6-16H2,1-5H3/t17?,18?,19?,20-,21?,22?,23?,26?,27?,29+,30?,31?,32?/m0/s1. The van der Waals surface area contributed by atoms with Crippen molar-refractivity contribution >= 4 is 17.7 Å². The molecule has 1 N–H and O–H groups in total. The van der Waals surface area contributed by atoms with Gasteiger partial charge in [-0.2, -0.15) is 0 Å². The topological polar surface area (TPSA) is 108 Å². The maximum atomic E-state index is 14.3. The Hall–Kier alpha value is -1.51. The molecule has 0 radical (unpaired) electrons. The van der Waals surface area contributed by atoms with Crippen molar-refractivity contribution in [2.24, 2.45) is 52.3 Å². The van der Waals surface area contributed by atoms with E-state index in [1.807, 2.05) is 0 Å². The highest BCUT2D eigenvalue weighted by Gasteiger charge is 2.73. The van der Waals surface area contributed by atoms with E-state index >= 15 is 0 Å². The number of methoxy groups -OCH3 is 1. The van der Waals surface area contributed by atoms with E-state index < -0.39 is 23.3 Å². The summed E-state index contributed by atoms with van der Waals surface area (Å²) >= 11 is 0. The highest BCUT2D eigenvalue weighted by molar-refractivity contribution is 5.88. The molecule has 4 saturated carbocycles. The first-order valence-corrected chi connectivity index (χ1v) is 15.7. The normalized spacial score (nSPS) is 51.4. The van der Waals surface area contributed by atoms with E-state index in [1.54, 1.807) is 0 Å². The molecule has 0 aromatic rings. The van der Waals surface area contributed by atoms with Gasteiger partial charge in [0.1, 0.15) is 12.2 Å². The molecule has 8 nitrogen and oxygen atoms in total. The first-order valence-electron chi connectivity index (χ1n) is 15.7. The van der Waals surface area contributed by atoms with Crippen LogP contribution in [-0.2, 0) is 33.3 Å². The van der Waals surface area contributed by atoms with Crippen LogP contribution in [0.2, 0.25) is 0 Å². The van der Waals surface area contributed by atoms with Crippen molar-refractivity contribution in [1.29, 1.82) is 0 Å². The van der Waals surface area contributed by atoms with E-state index in [2.05, 4.69) is 32.4 Å². The van der Waals surface area contributed by atoms with Crippen LogP contribution in [0.5, 0.6) is 0 Å². The van der Waals surface area contributed by atoms with Crippen molar-refractivity contribution in [3.8, 4) is 0 Å². The van der Waals surface area contributed by atoms with Gasteiger partial charge in [0.25, 0.3) is 0 Å². The van der Waals surface area contributed by atoms with Crippen LogP contribution in [0.3, 0.4) is 0 Å². The van der Waals surface area contributed by atoms with E-state index in [1.165, 1.54) is 7.11 Å². The molecule has 2 saturated heterocycles. The SMILES string of the molecule is COC(=O)CCC(=O)O[C@H]1CCC2(C)C(CCC3C2C(=O)[C@@H](O)C2(C)C3CC3OC4(CCC(C)CO4)C(C)C32)C1. The van der Waals surface area contributed by atoms with Crippen LogP contribution in [0.15, 0.2) is 0 Å². The zero-order chi connectivity index (χ0) is 28.6. The number of Topliss-reactive ketones (excluding diaryl/α,β-unsaturated/α-hetero) is 1. The Labute approximate surface area is 238 Å². The van der Waals surface area contributed by atoms with E-state index in [-0.39, 0.29) is 77.7 Å². The number of aliphatic hydroxyl groups excluding tert-OH is 1. The molecule has 0 bridgehead atoms. The summed E-state index contributed by atoms with van der Waals surface area (Å²) in [5.41, 5.74) is -0.723.